The lowest BCUT2D eigenvalue weighted by Gasteiger charge is -2.25. The Labute approximate surface area is 589 Å². The Hall–Kier alpha value is -3.36. The summed E-state index contributed by atoms with van der Waals surface area (Å²) in [5, 5.41) is 14.0. The molecule has 0 radical (unpaired) electrons. The minimum atomic E-state index is -4.37. The van der Waals surface area contributed by atoms with E-state index < -0.39 is 20.0 Å². The van der Waals surface area contributed by atoms with E-state index in [0.717, 1.165) is 96.3 Å². The molecule has 0 aliphatic carbocycles. The van der Waals surface area contributed by atoms with Crippen molar-refractivity contribution in [2.24, 2.45) is 0 Å². The number of unbranched alkanes of at least 4 members (excludes halogenated alkanes) is 40. The van der Waals surface area contributed by atoms with Crippen molar-refractivity contribution in [3.8, 4) is 0 Å². The van der Waals surface area contributed by atoms with Gasteiger partial charge in [-0.15, -0.1) is 0 Å². The number of rotatable bonds is 73. The number of allylic oxidation sites excluding steroid dienone is 21. The first kappa shape index (κ1) is 91.6. The van der Waals surface area contributed by atoms with Gasteiger partial charge in [0.2, 0.25) is 5.91 Å². The van der Waals surface area contributed by atoms with Gasteiger partial charge >= 0.3 is 7.82 Å². The number of aliphatic hydroxyl groups excluding tert-OH is 1. The smallest absolute Gasteiger partial charge is 0.387 e. The summed E-state index contributed by atoms with van der Waals surface area (Å²) in [6.45, 7) is 4.71. The van der Waals surface area contributed by atoms with Crippen LogP contribution in [0.2, 0.25) is 0 Å². The second kappa shape index (κ2) is 74.9. The first-order chi connectivity index (χ1) is 46.5. The second-order valence-electron chi connectivity index (χ2n) is 28.1. The molecule has 0 fully saturated rings. The molecule has 0 aromatic rings. The quantitative estimate of drug-likeness (QED) is 0.0243. The zero-order chi connectivity index (χ0) is 69.0. The van der Waals surface area contributed by atoms with Gasteiger partial charge in [0.05, 0.1) is 39.9 Å². The van der Waals surface area contributed by atoms with Crippen LogP contribution in [-0.4, -0.2) is 73.4 Å². The van der Waals surface area contributed by atoms with Gasteiger partial charge in [0.1, 0.15) is 13.2 Å². The molecule has 0 heterocycles. The lowest BCUT2D eigenvalue weighted by Crippen LogP contribution is -2.45. The fourth-order valence-electron chi connectivity index (χ4n) is 11.5. The van der Waals surface area contributed by atoms with Crippen molar-refractivity contribution < 1.29 is 32.9 Å². The Bertz CT molecular complexity index is 2020. The third-order valence-electron chi connectivity index (χ3n) is 17.6. The van der Waals surface area contributed by atoms with E-state index in [0.29, 0.717) is 17.4 Å². The summed E-state index contributed by atoms with van der Waals surface area (Å²) in [6, 6.07) is -0.874. The molecule has 0 aromatic heterocycles. The van der Waals surface area contributed by atoms with Crippen LogP contribution in [0.1, 0.15) is 354 Å². The van der Waals surface area contributed by atoms with Crippen LogP contribution in [0, 0.1) is 0 Å². The van der Waals surface area contributed by atoms with E-state index in [4.69, 9.17) is 9.05 Å². The van der Waals surface area contributed by atoms with Gasteiger partial charge in [0.15, 0.2) is 0 Å². The molecule has 0 aliphatic rings. The summed E-state index contributed by atoms with van der Waals surface area (Å²) in [7, 11) is 1.55. The summed E-state index contributed by atoms with van der Waals surface area (Å²) in [4.78, 5) is 23.5. The predicted octanol–water partition coefficient (Wildman–Crippen LogP) is 26.5. The predicted molar refractivity (Wildman–Crippen MR) is 419 cm³/mol. The molecule has 0 bridgehead atoms. The van der Waals surface area contributed by atoms with E-state index in [-0.39, 0.29) is 19.1 Å². The van der Waals surface area contributed by atoms with E-state index in [2.05, 4.69) is 141 Å². The number of likely N-dealkylation sites (N-methyl/N-ethyl adjacent to an activating group) is 1. The van der Waals surface area contributed by atoms with Gasteiger partial charge in [0, 0.05) is 6.42 Å². The zero-order valence-corrected chi connectivity index (χ0v) is 63.8. The normalized spacial score (nSPS) is 14.2. The van der Waals surface area contributed by atoms with Crippen LogP contribution in [0.4, 0.5) is 0 Å². The molecule has 3 unspecified atom stereocenters. The lowest BCUT2D eigenvalue weighted by molar-refractivity contribution is -0.870. The first-order valence-electron chi connectivity index (χ1n) is 40.1. The van der Waals surface area contributed by atoms with Crippen LogP contribution in [-0.2, 0) is 18.4 Å². The Balaban J connectivity index is 4.06. The third kappa shape index (κ3) is 77.9. The number of phosphoric acid groups is 1. The monoisotopic (exact) mass is 1340 g/mol. The minimum Gasteiger partial charge on any atom is -0.387 e. The molecular formula is C86H154N2O6P+. The van der Waals surface area contributed by atoms with Gasteiger partial charge in [-0.2, -0.15) is 0 Å². The van der Waals surface area contributed by atoms with Crippen LogP contribution in [0.25, 0.3) is 0 Å². The summed E-state index contributed by atoms with van der Waals surface area (Å²) in [5.41, 5.74) is 0. The molecule has 0 saturated heterocycles. The average molecular weight is 1340 g/mol. The van der Waals surface area contributed by atoms with E-state index in [1.54, 1.807) is 6.08 Å². The highest BCUT2D eigenvalue weighted by molar-refractivity contribution is 7.47. The maximum absolute atomic E-state index is 13.1. The van der Waals surface area contributed by atoms with E-state index >= 15 is 0 Å². The van der Waals surface area contributed by atoms with Crippen LogP contribution >= 0.6 is 7.82 Å². The highest BCUT2D eigenvalue weighted by atomic mass is 31.2. The fourth-order valence-corrected chi connectivity index (χ4v) is 12.2. The van der Waals surface area contributed by atoms with Crippen molar-refractivity contribution in [3.05, 3.63) is 134 Å². The topological polar surface area (TPSA) is 105 Å². The number of carbonyl (C=O) groups excluding carboxylic acids is 1. The lowest BCUT2D eigenvalue weighted by atomic mass is 10.0. The number of phosphoric ester groups is 1. The molecule has 3 atom stereocenters. The van der Waals surface area contributed by atoms with Crippen molar-refractivity contribution >= 4 is 13.7 Å². The summed E-state index contributed by atoms with van der Waals surface area (Å²) >= 11 is 0. The van der Waals surface area contributed by atoms with Crippen LogP contribution < -0.4 is 5.32 Å². The molecule has 8 nitrogen and oxygen atoms in total. The molecule has 3 N–H and O–H groups in total. The molecule has 9 heteroatoms. The molecule has 0 aromatic carbocycles. The van der Waals surface area contributed by atoms with Gasteiger partial charge in [-0.1, -0.05) is 379 Å². The average Bonchev–Trinajstić information content (AvgIpc) is 2.01. The Morgan fingerprint density at radius 3 is 0.968 bits per heavy atom. The van der Waals surface area contributed by atoms with Crippen molar-refractivity contribution in [1.82, 2.24) is 5.32 Å². The van der Waals surface area contributed by atoms with E-state index in [9.17, 15) is 19.4 Å². The standard InChI is InChI=1S/C86H153N2O6P/c1-6-8-10-12-14-16-18-20-22-24-26-28-30-32-34-36-38-40-41-42-43-44-45-46-47-48-50-52-54-56-58-60-62-64-66-68-70-72-74-76-78-80-86(90)87-84(83-94-95(91,92)93-82-81-88(3,4)5)85(89)79-77-75-73-71-69-67-65-63-61-59-57-55-53-51-49-39-37-35-33-31-29-27-25-23-21-19-17-15-13-11-9-7-2/h8,10,14,16,20,22,26,28,32,34,38,40,42-43,45-46,48,50,69,71,77,79,84-85,89H,6-7,9,11-13,15,17-19,21,23-25,27,29-31,33,35-37,39,41,44,47,49,51-68,70,72-76,78,80-83H2,1-5H3,(H-,87,90,91,92)/p+1/b10-8-,16-14-,22-20-,28-26-,34-32-,40-38-,43-42-,46-45-,50-48-,71-69+,79-77+. The van der Waals surface area contributed by atoms with E-state index in [1.807, 2.05) is 27.2 Å². The van der Waals surface area contributed by atoms with Gasteiger partial charge in [-0.3, -0.25) is 13.8 Å². The van der Waals surface area contributed by atoms with Gasteiger partial charge in [-0.05, 0) is 103 Å². The second-order valence-corrected chi connectivity index (χ2v) is 29.5. The highest BCUT2D eigenvalue weighted by Crippen LogP contribution is 2.43. The number of quaternary nitrogens is 1. The van der Waals surface area contributed by atoms with Crippen LogP contribution in [0.15, 0.2) is 134 Å². The Morgan fingerprint density at radius 2 is 0.642 bits per heavy atom. The summed E-state index contributed by atoms with van der Waals surface area (Å²) < 4.78 is 23.9. The molecule has 0 rings (SSSR count). The Kier molecular flexibility index (Phi) is 72.2. The summed E-state index contributed by atoms with van der Waals surface area (Å²) in [5.74, 6) is -0.188. The van der Waals surface area contributed by atoms with Crippen molar-refractivity contribution in [2.45, 2.75) is 366 Å². The van der Waals surface area contributed by atoms with Crippen LogP contribution in [0.3, 0.4) is 0 Å². The number of hydrogen-bond donors (Lipinski definition) is 3. The molecule has 95 heavy (non-hydrogen) atoms. The van der Waals surface area contributed by atoms with Crippen molar-refractivity contribution in [2.75, 3.05) is 40.9 Å². The molecule has 0 spiro atoms. The number of nitrogens with zero attached hydrogens (tertiary/aromatic N) is 1. The minimum absolute atomic E-state index is 0.0515. The number of aliphatic hydroxyl groups is 1. The van der Waals surface area contributed by atoms with Gasteiger partial charge in [-0.25, -0.2) is 4.57 Å². The number of amides is 1. The fraction of sp³-hybridized carbons (Fsp3) is 0.733. The largest absolute Gasteiger partial charge is 0.472 e. The SMILES string of the molecule is CC/C=C\C/C=C\C/C=C\C/C=C\C/C=C\C/C=C\C/C=C\C/C=C\C/C=C\CCCCCCCCCCCCCCCC(=O)NC(COP(=O)(O)OCC[N+](C)(C)C)C(O)/C=C/CC/C=C/CCCCCCCCCCCCCCCCCCCCCCCCCCCC. The maximum Gasteiger partial charge on any atom is 0.472 e. The molecule has 548 valence electrons. The molecule has 0 saturated carbocycles. The third-order valence-corrected chi connectivity index (χ3v) is 18.6. The van der Waals surface area contributed by atoms with Crippen molar-refractivity contribution in [3.63, 3.8) is 0 Å². The first-order valence-corrected chi connectivity index (χ1v) is 41.6. The van der Waals surface area contributed by atoms with Crippen LogP contribution in [0.5, 0.6) is 0 Å². The number of nitrogens with one attached hydrogen (secondary N) is 1. The van der Waals surface area contributed by atoms with Gasteiger partial charge in [0.25, 0.3) is 0 Å². The highest BCUT2D eigenvalue weighted by Gasteiger charge is 2.28. The summed E-state index contributed by atoms with van der Waals surface area (Å²) in [6.07, 6.45) is 114. The van der Waals surface area contributed by atoms with Gasteiger partial charge < -0.3 is 19.8 Å². The Morgan fingerprint density at radius 1 is 0.368 bits per heavy atom. The molecular weight excluding hydrogens is 1190 g/mol. The molecule has 1 amide bonds. The maximum atomic E-state index is 13.1. The number of hydrogen-bond acceptors (Lipinski definition) is 5. The zero-order valence-electron chi connectivity index (χ0n) is 62.9. The van der Waals surface area contributed by atoms with E-state index in [1.165, 1.54) is 238 Å². The molecule has 0 aliphatic heterocycles. The van der Waals surface area contributed by atoms with Crippen molar-refractivity contribution in [1.29, 1.82) is 0 Å². The number of carbonyl (C=O) groups is 1.